The van der Waals surface area contributed by atoms with E-state index in [1.807, 2.05) is 0 Å². The maximum absolute atomic E-state index is 14.1. The molecule has 0 aliphatic carbocycles. The van der Waals surface area contributed by atoms with Gasteiger partial charge in [-0.25, -0.2) is 9.07 Å². The monoisotopic (exact) mass is 380 g/mol. The Labute approximate surface area is 161 Å². The molecule has 28 heavy (non-hydrogen) atoms. The predicted octanol–water partition coefficient (Wildman–Crippen LogP) is 3.41. The number of hydrogen-bond acceptors (Lipinski definition) is 4. The second-order valence-electron chi connectivity index (χ2n) is 6.86. The number of benzene rings is 2. The minimum absolute atomic E-state index is 0.143. The minimum Gasteiger partial charge on any atom is -0.371 e. The summed E-state index contributed by atoms with van der Waals surface area (Å²) >= 11 is 0. The fourth-order valence-electron chi connectivity index (χ4n) is 3.61. The predicted molar refractivity (Wildman–Crippen MR) is 107 cm³/mol. The van der Waals surface area contributed by atoms with Crippen molar-refractivity contribution in [2.24, 2.45) is 0 Å². The van der Waals surface area contributed by atoms with E-state index < -0.39 is 11.7 Å². The summed E-state index contributed by atoms with van der Waals surface area (Å²) in [6, 6.07) is 11.4. The van der Waals surface area contributed by atoms with E-state index in [-0.39, 0.29) is 11.3 Å². The first-order chi connectivity index (χ1) is 13.6. The molecule has 1 N–H and O–H groups in total. The van der Waals surface area contributed by atoms with Gasteiger partial charge in [0.1, 0.15) is 5.82 Å². The Kier molecular flexibility index (Phi) is 4.81. The van der Waals surface area contributed by atoms with Crippen LogP contribution < -0.4 is 15.8 Å². The third kappa shape index (κ3) is 3.35. The first kappa shape index (κ1) is 18.2. The van der Waals surface area contributed by atoms with Crippen LogP contribution in [0.4, 0.5) is 15.8 Å². The molecule has 2 heterocycles. The lowest BCUT2D eigenvalue weighted by Gasteiger charge is -2.19. The molecule has 4 rings (SSSR count). The molecule has 1 amide bonds. The summed E-state index contributed by atoms with van der Waals surface area (Å²) in [6.07, 6.45) is 2.15. The third-order valence-electron chi connectivity index (χ3n) is 4.99. The summed E-state index contributed by atoms with van der Waals surface area (Å²) < 4.78 is 15.4. The Bertz CT molecular complexity index is 1100. The molecule has 1 aromatic heterocycles. The molecule has 0 spiro atoms. The van der Waals surface area contributed by atoms with E-state index in [1.165, 1.54) is 16.8 Å². The Morgan fingerprint density at radius 2 is 1.86 bits per heavy atom. The zero-order valence-corrected chi connectivity index (χ0v) is 15.6. The van der Waals surface area contributed by atoms with Crippen LogP contribution in [0.3, 0.4) is 0 Å². The van der Waals surface area contributed by atoms with Crippen molar-refractivity contribution in [1.82, 2.24) is 9.78 Å². The van der Waals surface area contributed by atoms with E-state index in [1.54, 1.807) is 37.3 Å². The Morgan fingerprint density at radius 3 is 2.57 bits per heavy atom. The highest BCUT2D eigenvalue weighted by Gasteiger charge is 2.18. The van der Waals surface area contributed by atoms with Crippen LogP contribution in [0.15, 0.2) is 47.3 Å². The molecule has 1 aliphatic rings. The molecule has 7 heteroatoms. The second kappa shape index (κ2) is 7.42. The van der Waals surface area contributed by atoms with E-state index >= 15 is 0 Å². The first-order valence-corrected chi connectivity index (χ1v) is 9.43. The number of fused-ring (bicyclic) bond motifs is 1. The van der Waals surface area contributed by atoms with Gasteiger partial charge in [0.2, 0.25) is 0 Å². The standard InChI is InChI=1S/C21H21FN4O2/c1-2-26-21(28)18-8-4-3-7-17(18)19(24-26)20(27)23-15-11-14(22)12-16(13-15)25-9-5-6-10-25/h3-4,7-8,11-13H,2,5-6,9-10H2,1H3,(H,23,27). The quantitative estimate of drug-likeness (QED) is 0.753. The molecule has 0 unspecified atom stereocenters. The van der Waals surface area contributed by atoms with Crippen LogP contribution >= 0.6 is 0 Å². The second-order valence-corrected chi connectivity index (χ2v) is 6.86. The van der Waals surface area contributed by atoms with Crippen molar-refractivity contribution in [3.8, 4) is 0 Å². The van der Waals surface area contributed by atoms with Gasteiger partial charge in [-0.1, -0.05) is 18.2 Å². The third-order valence-corrected chi connectivity index (χ3v) is 4.99. The maximum atomic E-state index is 14.1. The summed E-state index contributed by atoms with van der Waals surface area (Å²) in [5.41, 5.74) is 1.02. The average Bonchev–Trinajstić information content (AvgIpc) is 3.23. The van der Waals surface area contributed by atoms with Gasteiger partial charge in [0.15, 0.2) is 5.69 Å². The molecule has 2 aromatic carbocycles. The zero-order chi connectivity index (χ0) is 19.7. The summed E-state index contributed by atoms with van der Waals surface area (Å²) in [5.74, 6) is -0.882. The number of amides is 1. The number of aryl methyl sites for hydroxylation is 1. The number of aromatic nitrogens is 2. The highest BCUT2D eigenvalue weighted by Crippen LogP contribution is 2.26. The van der Waals surface area contributed by atoms with Crippen molar-refractivity contribution in [3.05, 3.63) is 64.3 Å². The fourth-order valence-corrected chi connectivity index (χ4v) is 3.61. The normalized spacial score (nSPS) is 13.9. The topological polar surface area (TPSA) is 67.2 Å². The highest BCUT2D eigenvalue weighted by molar-refractivity contribution is 6.11. The highest BCUT2D eigenvalue weighted by atomic mass is 19.1. The van der Waals surface area contributed by atoms with Crippen LogP contribution in [0.2, 0.25) is 0 Å². The Morgan fingerprint density at radius 1 is 1.14 bits per heavy atom. The molecule has 1 saturated heterocycles. The van der Waals surface area contributed by atoms with E-state index in [0.717, 1.165) is 31.6 Å². The number of carbonyl (C=O) groups is 1. The molecule has 0 saturated carbocycles. The number of carbonyl (C=O) groups excluding carboxylic acids is 1. The minimum atomic E-state index is -0.476. The van der Waals surface area contributed by atoms with Gasteiger partial charge in [-0.05, 0) is 44.0 Å². The van der Waals surface area contributed by atoms with Crippen LogP contribution in [0.25, 0.3) is 10.8 Å². The number of hydrogen-bond donors (Lipinski definition) is 1. The van der Waals surface area contributed by atoms with Crippen molar-refractivity contribution >= 4 is 28.1 Å². The summed E-state index contributed by atoms with van der Waals surface area (Å²) in [5, 5.41) is 7.88. The molecule has 1 aliphatic heterocycles. The first-order valence-electron chi connectivity index (χ1n) is 9.43. The fraction of sp³-hybridized carbons (Fsp3) is 0.286. The van der Waals surface area contributed by atoms with E-state index in [9.17, 15) is 14.0 Å². The molecule has 0 atom stereocenters. The Hall–Kier alpha value is -3.22. The molecular formula is C21H21FN4O2. The lowest BCUT2D eigenvalue weighted by Crippen LogP contribution is -2.27. The van der Waals surface area contributed by atoms with Gasteiger partial charge in [-0.2, -0.15) is 5.10 Å². The lowest BCUT2D eigenvalue weighted by atomic mass is 10.1. The summed E-state index contributed by atoms with van der Waals surface area (Å²) in [7, 11) is 0. The van der Waals surface area contributed by atoms with E-state index in [2.05, 4.69) is 15.3 Å². The van der Waals surface area contributed by atoms with Crippen molar-refractivity contribution < 1.29 is 9.18 Å². The van der Waals surface area contributed by atoms with Gasteiger partial charge in [-0.15, -0.1) is 0 Å². The summed E-state index contributed by atoms with van der Waals surface area (Å²) in [4.78, 5) is 27.5. The van der Waals surface area contributed by atoms with Crippen molar-refractivity contribution in [3.63, 3.8) is 0 Å². The van der Waals surface area contributed by atoms with Crippen molar-refractivity contribution in [1.29, 1.82) is 0 Å². The van der Waals surface area contributed by atoms with Crippen molar-refractivity contribution in [2.45, 2.75) is 26.3 Å². The van der Waals surface area contributed by atoms with Gasteiger partial charge >= 0.3 is 0 Å². The number of rotatable bonds is 4. The summed E-state index contributed by atoms with van der Waals surface area (Å²) in [6.45, 7) is 3.90. The molecule has 1 fully saturated rings. The van der Waals surface area contributed by atoms with Crippen LogP contribution in [0.5, 0.6) is 0 Å². The average molecular weight is 380 g/mol. The van der Waals surface area contributed by atoms with Crippen LogP contribution in [-0.4, -0.2) is 28.8 Å². The molecule has 144 valence electrons. The number of nitrogens with one attached hydrogen (secondary N) is 1. The van der Waals surface area contributed by atoms with E-state index in [0.29, 0.717) is 23.0 Å². The van der Waals surface area contributed by atoms with Gasteiger partial charge in [0.25, 0.3) is 11.5 Å². The molecule has 3 aromatic rings. The van der Waals surface area contributed by atoms with Gasteiger partial charge in [0.05, 0.1) is 5.39 Å². The smallest absolute Gasteiger partial charge is 0.276 e. The van der Waals surface area contributed by atoms with Crippen molar-refractivity contribution in [2.75, 3.05) is 23.3 Å². The van der Waals surface area contributed by atoms with Crippen LogP contribution in [0, 0.1) is 5.82 Å². The largest absolute Gasteiger partial charge is 0.371 e. The Balaban J connectivity index is 1.71. The van der Waals surface area contributed by atoms with Gasteiger partial charge < -0.3 is 10.2 Å². The molecule has 0 bridgehead atoms. The maximum Gasteiger partial charge on any atom is 0.276 e. The number of nitrogens with zero attached hydrogens (tertiary/aromatic N) is 3. The SMILES string of the molecule is CCn1nc(C(=O)Nc2cc(F)cc(N3CCCC3)c2)c2ccccc2c1=O. The number of anilines is 2. The van der Waals surface area contributed by atoms with Gasteiger partial charge in [-0.3, -0.25) is 9.59 Å². The molecule has 6 nitrogen and oxygen atoms in total. The lowest BCUT2D eigenvalue weighted by molar-refractivity contribution is 0.102. The van der Waals surface area contributed by atoms with Crippen LogP contribution in [-0.2, 0) is 6.54 Å². The molecule has 0 radical (unpaired) electrons. The van der Waals surface area contributed by atoms with Crippen LogP contribution in [0.1, 0.15) is 30.3 Å². The van der Waals surface area contributed by atoms with Gasteiger partial charge in [0, 0.05) is 36.4 Å². The van der Waals surface area contributed by atoms with E-state index in [4.69, 9.17) is 0 Å². The molecular weight excluding hydrogens is 359 g/mol. The number of halogens is 1. The zero-order valence-electron chi connectivity index (χ0n) is 15.6.